The van der Waals surface area contributed by atoms with Crippen molar-refractivity contribution in [3.05, 3.63) is 0 Å². The van der Waals surface area contributed by atoms with E-state index in [0.29, 0.717) is 11.7 Å². The van der Waals surface area contributed by atoms with Crippen molar-refractivity contribution in [3.8, 4) is 0 Å². The minimum atomic E-state index is -0.916. The normalized spacial score (nSPS) is 16.3. The van der Waals surface area contributed by atoms with Gasteiger partial charge in [0, 0.05) is 5.25 Å². The Morgan fingerprint density at radius 2 is 2.30 bits per heavy atom. The lowest BCUT2D eigenvalue weighted by atomic mass is 10.2. The number of hydrogen-bond acceptors (Lipinski definition) is 3. The second-order valence-electron chi connectivity index (χ2n) is 2.23. The highest BCUT2D eigenvalue weighted by atomic mass is 32.2. The van der Waals surface area contributed by atoms with Crippen LogP contribution in [0.2, 0.25) is 0 Å². The van der Waals surface area contributed by atoms with Gasteiger partial charge in [0.05, 0.1) is 0 Å². The number of nitrogens with two attached hydrogens (primary N) is 1. The predicted octanol–water partition coefficient (Wildman–Crippen LogP) is 0.540. The van der Waals surface area contributed by atoms with Crippen LogP contribution in [0.4, 0.5) is 0 Å². The maximum absolute atomic E-state index is 10.2. The van der Waals surface area contributed by atoms with Crippen molar-refractivity contribution in [2.75, 3.05) is 6.26 Å². The average Bonchev–Trinajstić information content (AvgIpc) is 1.87. The molecule has 0 saturated heterocycles. The van der Waals surface area contributed by atoms with Crippen LogP contribution in [-0.4, -0.2) is 28.6 Å². The van der Waals surface area contributed by atoms with Gasteiger partial charge in [-0.15, -0.1) is 0 Å². The highest BCUT2D eigenvalue weighted by molar-refractivity contribution is 7.99. The molecule has 0 fully saturated rings. The van der Waals surface area contributed by atoms with Gasteiger partial charge in [-0.25, -0.2) is 0 Å². The van der Waals surface area contributed by atoms with E-state index in [1.165, 1.54) is 0 Å². The van der Waals surface area contributed by atoms with E-state index in [-0.39, 0.29) is 0 Å². The molecule has 0 aromatic heterocycles. The van der Waals surface area contributed by atoms with Crippen LogP contribution in [0.1, 0.15) is 13.3 Å². The summed E-state index contributed by atoms with van der Waals surface area (Å²) in [6.07, 6.45) is 2.48. The fourth-order valence-corrected chi connectivity index (χ4v) is 0.954. The third kappa shape index (κ3) is 3.74. The first-order valence-corrected chi connectivity index (χ1v) is 4.38. The molecule has 0 aromatic rings. The van der Waals surface area contributed by atoms with Crippen LogP contribution in [0.15, 0.2) is 0 Å². The van der Waals surface area contributed by atoms with Crippen molar-refractivity contribution in [2.45, 2.75) is 24.6 Å². The highest BCUT2D eigenvalue weighted by Gasteiger charge is 2.14. The summed E-state index contributed by atoms with van der Waals surface area (Å²) >= 11 is 1.63. The number of thioether (sulfide) groups is 1. The van der Waals surface area contributed by atoms with Gasteiger partial charge in [-0.2, -0.15) is 11.8 Å². The molecule has 3 nitrogen and oxygen atoms in total. The zero-order valence-corrected chi connectivity index (χ0v) is 7.02. The first-order chi connectivity index (χ1) is 4.57. The maximum Gasteiger partial charge on any atom is 0.320 e. The molecule has 0 aliphatic heterocycles. The number of hydrogen-bond donors (Lipinski definition) is 2. The Labute approximate surface area is 65.0 Å². The molecule has 4 heteroatoms. The SMILES string of the molecule is CS[C@@H](C)C[C@@H](N)C(=O)O. The Bertz CT molecular complexity index is 118. The van der Waals surface area contributed by atoms with Crippen molar-refractivity contribution >= 4 is 17.7 Å². The predicted molar refractivity (Wildman–Crippen MR) is 43.2 cm³/mol. The maximum atomic E-state index is 10.2. The minimum absolute atomic E-state index is 0.325. The van der Waals surface area contributed by atoms with Crippen LogP contribution in [0.3, 0.4) is 0 Å². The third-order valence-electron chi connectivity index (χ3n) is 1.31. The topological polar surface area (TPSA) is 63.3 Å². The Hall–Kier alpha value is -0.220. The van der Waals surface area contributed by atoms with Gasteiger partial charge >= 0.3 is 5.97 Å². The summed E-state index contributed by atoms with van der Waals surface area (Å²) in [6.45, 7) is 1.97. The molecular formula is C6H13NO2S. The summed E-state index contributed by atoms with van der Waals surface area (Å²) in [5.74, 6) is -0.916. The van der Waals surface area contributed by atoms with Crippen molar-refractivity contribution in [3.63, 3.8) is 0 Å². The van der Waals surface area contributed by atoms with Gasteiger partial charge in [0.1, 0.15) is 6.04 Å². The van der Waals surface area contributed by atoms with E-state index in [9.17, 15) is 4.79 Å². The van der Waals surface area contributed by atoms with Gasteiger partial charge in [-0.05, 0) is 12.7 Å². The molecule has 3 N–H and O–H groups in total. The molecule has 0 unspecified atom stereocenters. The molecule has 0 aliphatic rings. The lowest BCUT2D eigenvalue weighted by Crippen LogP contribution is -2.32. The van der Waals surface area contributed by atoms with Gasteiger partial charge in [0.15, 0.2) is 0 Å². The Kier molecular flexibility index (Phi) is 4.47. The van der Waals surface area contributed by atoms with Crippen LogP contribution >= 0.6 is 11.8 Å². The number of aliphatic carboxylic acids is 1. The third-order valence-corrected chi connectivity index (χ3v) is 2.30. The quantitative estimate of drug-likeness (QED) is 0.635. The summed E-state index contributed by atoms with van der Waals surface area (Å²) in [5.41, 5.74) is 5.28. The van der Waals surface area contributed by atoms with E-state index in [1.807, 2.05) is 13.2 Å². The Balaban J connectivity index is 3.56. The van der Waals surface area contributed by atoms with Crippen LogP contribution in [-0.2, 0) is 4.79 Å². The Morgan fingerprint density at radius 3 is 2.60 bits per heavy atom. The monoisotopic (exact) mass is 163 g/mol. The van der Waals surface area contributed by atoms with Crippen molar-refractivity contribution in [1.82, 2.24) is 0 Å². The van der Waals surface area contributed by atoms with Gasteiger partial charge < -0.3 is 10.8 Å². The fourth-order valence-electron chi connectivity index (χ4n) is 0.555. The molecule has 0 aliphatic carbocycles. The molecule has 0 amide bonds. The number of rotatable bonds is 4. The van der Waals surface area contributed by atoms with E-state index in [1.54, 1.807) is 11.8 Å². The van der Waals surface area contributed by atoms with Gasteiger partial charge in [0.2, 0.25) is 0 Å². The Morgan fingerprint density at radius 1 is 1.80 bits per heavy atom. The van der Waals surface area contributed by atoms with Crippen LogP contribution in [0.25, 0.3) is 0 Å². The molecule has 10 heavy (non-hydrogen) atoms. The van der Waals surface area contributed by atoms with E-state index in [0.717, 1.165) is 0 Å². The largest absolute Gasteiger partial charge is 0.480 e. The van der Waals surface area contributed by atoms with E-state index in [4.69, 9.17) is 10.8 Å². The van der Waals surface area contributed by atoms with Crippen molar-refractivity contribution in [2.24, 2.45) is 5.73 Å². The number of carboxylic acids is 1. The standard InChI is InChI=1S/C6H13NO2S/c1-4(10-2)3-5(7)6(8)9/h4-5H,3,7H2,1-2H3,(H,8,9)/t4-,5+/m0/s1. The lowest BCUT2D eigenvalue weighted by molar-refractivity contribution is -0.138. The zero-order valence-electron chi connectivity index (χ0n) is 6.20. The van der Waals surface area contributed by atoms with E-state index < -0.39 is 12.0 Å². The molecule has 0 spiro atoms. The highest BCUT2D eigenvalue weighted by Crippen LogP contribution is 2.10. The summed E-state index contributed by atoms with van der Waals surface area (Å²) < 4.78 is 0. The summed E-state index contributed by atoms with van der Waals surface area (Å²) in [7, 11) is 0. The average molecular weight is 163 g/mol. The van der Waals surface area contributed by atoms with Gasteiger partial charge in [-0.1, -0.05) is 6.92 Å². The van der Waals surface area contributed by atoms with Gasteiger partial charge in [0.25, 0.3) is 0 Å². The van der Waals surface area contributed by atoms with Crippen molar-refractivity contribution in [1.29, 1.82) is 0 Å². The molecular weight excluding hydrogens is 150 g/mol. The molecule has 0 bridgehead atoms. The number of carboxylic acid groups (broad SMARTS) is 1. The number of carbonyl (C=O) groups is 1. The molecule has 0 heterocycles. The zero-order chi connectivity index (χ0) is 8.15. The minimum Gasteiger partial charge on any atom is -0.480 e. The summed E-state index contributed by atoms with van der Waals surface area (Å²) in [5, 5.41) is 8.72. The molecule has 0 aromatic carbocycles. The summed E-state index contributed by atoms with van der Waals surface area (Å²) in [6, 6.07) is -0.706. The lowest BCUT2D eigenvalue weighted by Gasteiger charge is -2.10. The molecule has 0 radical (unpaired) electrons. The first kappa shape index (κ1) is 9.78. The summed E-state index contributed by atoms with van der Waals surface area (Å²) in [4.78, 5) is 10.2. The second-order valence-corrected chi connectivity index (χ2v) is 3.50. The van der Waals surface area contributed by atoms with Crippen LogP contribution < -0.4 is 5.73 Å². The molecule has 60 valence electrons. The molecule has 2 atom stereocenters. The molecule has 0 rings (SSSR count). The molecule has 0 saturated carbocycles. The van der Waals surface area contributed by atoms with Crippen LogP contribution in [0.5, 0.6) is 0 Å². The van der Waals surface area contributed by atoms with Crippen molar-refractivity contribution < 1.29 is 9.90 Å². The smallest absolute Gasteiger partial charge is 0.320 e. The first-order valence-electron chi connectivity index (χ1n) is 3.09. The van der Waals surface area contributed by atoms with Crippen LogP contribution in [0, 0.1) is 0 Å². The van der Waals surface area contributed by atoms with E-state index in [2.05, 4.69) is 0 Å². The van der Waals surface area contributed by atoms with E-state index >= 15 is 0 Å². The second kappa shape index (κ2) is 4.57. The van der Waals surface area contributed by atoms with Gasteiger partial charge in [-0.3, -0.25) is 4.79 Å². The fraction of sp³-hybridized carbons (Fsp3) is 0.833.